The molecule has 0 saturated heterocycles. The van der Waals surface area contributed by atoms with Gasteiger partial charge in [-0.05, 0) is 32.0 Å². The molecule has 0 radical (unpaired) electrons. The minimum Gasteiger partial charge on any atom is -0.496 e. The second-order valence-corrected chi connectivity index (χ2v) is 4.98. The van der Waals surface area contributed by atoms with E-state index in [9.17, 15) is 0 Å². The van der Waals surface area contributed by atoms with Crippen molar-refractivity contribution in [2.75, 3.05) is 13.7 Å². The number of methoxy groups -OCH3 is 1. The van der Waals surface area contributed by atoms with E-state index in [0.29, 0.717) is 0 Å². The first kappa shape index (κ1) is 14.6. The molecule has 1 aromatic carbocycles. The molecule has 0 saturated carbocycles. The van der Waals surface area contributed by atoms with Gasteiger partial charge in [0.25, 0.3) is 0 Å². The number of rotatable bonds is 7. The van der Waals surface area contributed by atoms with E-state index in [-0.39, 0.29) is 6.04 Å². The molecule has 0 amide bonds. The lowest BCUT2D eigenvalue weighted by molar-refractivity contribution is 0.383. The third kappa shape index (κ3) is 3.61. The quantitative estimate of drug-likeness (QED) is 0.843. The fraction of sp³-hybridized carbons (Fsp3) is 0.438. The molecule has 0 fully saturated rings. The molecule has 0 spiro atoms. The molecule has 0 aliphatic heterocycles. The maximum Gasteiger partial charge on any atom is 0.123 e. The molecular formula is C16H23N3O. The molecule has 1 N–H and O–H groups in total. The fourth-order valence-electron chi connectivity index (χ4n) is 2.31. The number of nitrogens with zero attached hydrogens (tertiary/aromatic N) is 2. The molecule has 4 heteroatoms. The lowest BCUT2D eigenvalue weighted by Gasteiger charge is -2.22. The van der Waals surface area contributed by atoms with Gasteiger partial charge in [0.1, 0.15) is 5.75 Å². The predicted molar refractivity (Wildman–Crippen MR) is 81.0 cm³/mol. The van der Waals surface area contributed by atoms with Gasteiger partial charge < -0.3 is 10.1 Å². The summed E-state index contributed by atoms with van der Waals surface area (Å²) in [5.74, 6) is 0.927. The Hall–Kier alpha value is -1.81. The van der Waals surface area contributed by atoms with E-state index in [0.717, 1.165) is 25.3 Å². The molecule has 0 aliphatic carbocycles. The largest absolute Gasteiger partial charge is 0.496 e. The smallest absolute Gasteiger partial charge is 0.123 e. The van der Waals surface area contributed by atoms with E-state index >= 15 is 0 Å². The van der Waals surface area contributed by atoms with Crippen LogP contribution in [0.1, 0.15) is 30.5 Å². The van der Waals surface area contributed by atoms with E-state index in [1.165, 1.54) is 11.1 Å². The van der Waals surface area contributed by atoms with Crippen LogP contribution in [0.5, 0.6) is 5.75 Å². The van der Waals surface area contributed by atoms with Crippen LogP contribution in [0.2, 0.25) is 0 Å². The van der Waals surface area contributed by atoms with Crippen molar-refractivity contribution >= 4 is 0 Å². The predicted octanol–water partition coefficient (Wildman–Crippen LogP) is 2.94. The Morgan fingerprint density at radius 1 is 1.40 bits per heavy atom. The normalized spacial score (nSPS) is 12.3. The molecule has 1 atom stereocenters. The third-order valence-electron chi connectivity index (χ3n) is 3.33. The van der Waals surface area contributed by atoms with Gasteiger partial charge in [-0.25, -0.2) is 0 Å². The Morgan fingerprint density at radius 3 is 2.90 bits per heavy atom. The molecule has 2 rings (SSSR count). The average molecular weight is 273 g/mol. The van der Waals surface area contributed by atoms with Crippen molar-refractivity contribution in [1.29, 1.82) is 0 Å². The molecular weight excluding hydrogens is 250 g/mol. The van der Waals surface area contributed by atoms with Crippen LogP contribution >= 0.6 is 0 Å². The summed E-state index contributed by atoms with van der Waals surface area (Å²) < 4.78 is 7.46. The number of ether oxygens (including phenoxy) is 1. The van der Waals surface area contributed by atoms with Gasteiger partial charge in [-0.3, -0.25) is 4.68 Å². The minimum absolute atomic E-state index is 0.199. The zero-order valence-electron chi connectivity index (χ0n) is 12.5. The highest BCUT2D eigenvalue weighted by Gasteiger charge is 2.16. The molecule has 0 aliphatic rings. The van der Waals surface area contributed by atoms with Crippen LogP contribution in [0.4, 0.5) is 0 Å². The maximum atomic E-state index is 5.51. The van der Waals surface area contributed by atoms with Crippen LogP contribution in [0.25, 0.3) is 0 Å². The van der Waals surface area contributed by atoms with Gasteiger partial charge in [0.15, 0.2) is 0 Å². The molecule has 20 heavy (non-hydrogen) atoms. The summed E-state index contributed by atoms with van der Waals surface area (Å²) in [4.78, 5) is 0. The van der Waals surface area contributed by atoms with Crippen LogP contribution in [0.15, 0.2) is 36.7 Å². The molecule has 1 heterocycles. The van der Waals surface area contributed by atoms with E-state index in [1.54, 1.807) is 7.11 Å². The number of nitrogens with one attached hydrogen (secondary N) is 1. The Kier molecular flexibility index (Phi) is 5.18. The van der Waals surface area contributed by atoms with Gasteiger partial charge in [-0.2, -0.15) is 5.10 Å². The monoisotopic (exact) mass is 273 g/mol. The average Bonchev–Trinajstić information content (AvgIpc) is 2.96. The van der Waals surface area contributed by atoms with Crippen molar-refractivity contribution in [2.24, 2.45) is 0 Å². The summed E-state index contributed by atoms with van der Waals surface area (Å²) in [6.45, 7) is 6.05. The molecule has 4 nitrogen and oxygen atoms in total. The zero-order valence-corrected chi connectivity index (χ0v) is 12.5. The van der Waals surface area contributed by atoms with Crippen molar-refractivity contribution in [3.63, 3.8) is 0 Å². The number of hydrogen-bond acceptors (Lipinski definition) is 3. The van der Waals surface area contributed by atoms with Crippen molar-refractivity contribution in [3.8, 4) is 5.75 Å². The molecule has 1 unspecified atom stereocenters. The molecule has 1 aromatic heterocycles. The fourth-order valence-corrected chi connectivity index (χ4v) is 2.31. The molecule has 108 valence electrons. The van der Waals surface area contributed by atoms with E-state index in [1.807, 2.05) is 29.2 Å². The standard InChI is InChI=1S/C16H23N3O/c1-4-8-17-15(12-19-10-5-9-18-19)14-11-13(2)6-7-16(14)20-3/h5-7,9-11,15,17H,4,8,12H2,1-3H3. The SMILES string of the molecule is CCCNC(Cn1cccn1)c1cc(C)ccc1OC. The number of aryl methyl sites for hydroxylation is 1. The van der Waals surface area contributed by atoms with Crippen LogP contribution in [0.3, 0.4) is 0 Å². The van der Waals surface area contributed by atoms with Gasteiger partial charge in [0.05, 0.1) is 19.7 Å². The second-order valence-electron chi connectivity index (χ2n) is 4.98. The molecule has 2 aromatic rings. The highest BCUT2D eigenvalue weighted by molar-refractivity contribution is 5.39. The summed E-state index contributed by atoms with van der Waals surface area (Å²) in [6, 6.07) is 8.45. The van der Waals surface area contributed by atoms with Gasteiger partial charge in [-0.15, -0.1) is 0 Å². The molecule has 0 bridgehead atoms. The van der Waals surface area contributed by atoms with Crippen molar-refractivity contribution in [3.05, 3.63) is 47.8 Å². The third-order valence-corrected chi connectivity index (χ3v) is 3.33. The van der Waals surface area contributed by atoms with Gasteiger partial charge >= 0.3 is 0 Å². The van der Waals surface area contributed by atoms with Crippen LogP contribution in [-0.2, 0) is 6.54 Å². The van der Waals surface area contributed by atoms with Gasteiger partial charge in [0, 0.05) is 18.0 Å². The summed E-state index contributed by atoms with van der Waals surface area (Å²) >= 11 is 0. The first-order chi connectivity index (χ1) is 9.74. The Labute approximate surface area is 120 Å². The second kappa shape index (κ2) is 7.10. The zero-order chi connectivity index (χ0) is 14.4. The number of aromatic nitrogens is 2. The maximum absolute atomic E-state index is 5.51. The van der Waals surface area contributed by atoms with Crippen LogP contribution in [-0.4, -0.2) is 23.4 Å². The van der Waals surface area contributed by atoms with Crippen molar-refractivity contribution < 1.29 is 4.74 Å². The lowest BCUT2D eigenvalue weighted by atomic mass is 10.0. The van der Waals surface area contributed by atoms with E-state index < -0.39 is 0 Å². The Morgan fingerprint density at radius 2 is 2.25 bits per heavy atom. The first-order valence-corrected chi connectivity index (χ1v) is 7.10. The highest BCUT2D eigenvalue weighted by atomic mass is 16.5. The summed E-state index contributed by atoms with van der Waals surface area (Å²) in [5, 5.41) is 7.89. The summed E-state index contributed by atoms with van der Waals surface area (Å²) in [5.41, 5.74) is 2.43. The van der Waals surface area contributed by atoms with Crippen LogP contribution in [0, 0.1) is 6.92 Å². The summed E-state index contributed by atoms with van der Waals surface area (Å²) in [7, 11) is 1.72. The Balaban J connectivity index is 2.27. The van der Waals surface area contributed by atoms with Crippen LogP contribution < -0.4 is 10.1 Å². The summed E-state index contributed by atoms with van der Waals surface area (Å²) in [6.07, 6.45) is 4.90. The lowest BCUT2D eigenvalue weighted by Crippen LogP contribution is -2.27. The van der Waals surface area contributed by atoms with Crippen molar-refractivity contribution in [2.45, 2.75) is 32.9 Å². The van der Waals surface area contributed by atoms with Gasteiger partial charge in [0.2, 0.25) is 0 Å². The highest BCUT2D eigenvalue weighted by Crippen LogP contribution is 2.27. The minimum atomic E-state index is 0.199. The van der Waals surface area contributed by atoms with Gasteiger partial charge in [-0.1, -0.05) is 24.6 Å². The van der Waals surface area contributed by atoms with E-state index in [4.69, 9.17) is 4.74 Å². The topological polar surface area (TPSA) is 39.1 Å². The van der Waals surface area contributed by atoms with E-state index in [2.05, 4.69) is 36.4 Å². The number of benzene rings is 1. The Bertz CT molecular complexity index is 523. The first-order valence-electron chi connectivity index (χ1n) is 7.10. The van der Waals surface area contributed by atoms with Crippen molar-refractivity contribution in [1.82, 2.24) is 15.1 Å². The number of hydrogen-bond donors (Lipinski definition) is 1.